The van der Waals surface area contributed by atoms with Crippen LogP contribution in [0.1, 0.15) is 33.1 Å². The van der Waals surface area contributed by atoms with Crippen molar-refractivity contribution in [2.45, 2.75) is 44.0 Å². The average molecular weight is 277 g/mol. The molecule has 2 unspecified atom stereocenters. The predicted molar refractivity (Wildman–Crippen MR) is 66.3 cm³/mol. The number of likely N-dealkylation sites (tertiary alicyclic amines) is 1. The van der Waals surface area contributed by atoms with Crippen molar-refractivity contribution in [2.24, 2.45) is 0 Å². The lowest BCUT2D eigenvalue weighted by atomic mass is 10.2. The van der Waals surface area contributed by atoms with Gasteiger partial charge in [-0.25, -0.2) is 0 Å². The van der Waals surface area contributed by atoms with Gasteiger partial charge in [0.25, 0.3) is 0 Å². The molecular formula is C11H21BrN2O. The van der Waals surface area contributed by atoms with Crippen LogP contribution in [0.3, 0.4) is 0 Å². The van der Waals surface area contributed by atoms with Gasteiger partial charge in [-0.15, -0.1) is 0 Å². The van der Waals surface area contributed by atoms with E-state index in [1.807, 2.05) is 6.92 Å². The number of nitrogens with zero attached hydrogens (tertiary/aromatic N) is 1. The van der Waals surface area contributed by atoms with Crippen molar-refractivity contribution in [1.82, 2.24) is 10.2 Å². The number of hydrogen-bond donors (Lipinski definition) is 1. The van der Waals surface area contributed by atoms with Gasteiger partial charge in [-0.1, -0.05) is 29.8 Å². The van der Waals surface area contributed by atoms with E-state index in [0.29, 0.717) is 6.04 Å². The summed E-state index contributed by atoms with van der Waals surface area (Å²) in [6.45, 7) is 7.26. The molecule has 1 heterocycles. The van der Waals surface area contributed by atoms with E-state index in [9.17, 15) is 4.79 Å². The molecule has 3 nitrogen and oxygen atoms in total. The molecule has 1 N–H and O–H groups in total. The van der Waals surface area contributed by atoms with Gasteiger partial charge in [0.15, 0.2) is 0 Å². The second-order valence-electron chi connectivity index (χ2n) is 4.05. The molecule has 1 aliphatic heterocycles. The van der Waals surface area contributed by atoms with Crippen molar-refractivity contribution in [2.75, 3.05) is 19.6 Å². The van der Waals surface area contributed by atoms with Gasteiger partial charge in [0, 0.05) is 12.6 Å². The van der Waals surface area contributed by atoms with E-state index in [1.165, 1.54) is 19.4 Å². The van der Waals surface area contributed by atoms with E-state index >= 15 is 0 Å². The summed E-state index contributed by atoms with van der Waals surface area (Å²) in [7, 11) is 0. The number of alkyl halides is 1. The summed E-state index contributed by atoms with van der Waals surface area (Å²) in [5, 5.41) is 3.01. The third-order valence-corrected chi connectivity index (χ3v) is 4.12. The number of hydrogen-bond acceptors (Lipinski definition) is 2. The lowest BCUT2D eigenvalue weighted by molar-refractivity contribution is -0.120. The Labute approximate surface area is 101 Å². The molecule has 0 aliphatic carbocycles. The highest BCUT2D eigenvalue weighted by Crippen LogP contribution is 2.15. The quantitative estimate of drug-likeness (QED) is 0.777. The number of halogens is 1. The lowest BCUT2D eigenvalue weighted by Gasteiger charge is -2.23. The monoisotopic (exact) mass is 276 g/mol. The SMILES string of the molecule is CCC(Br)C(=O)NCC1CCCN1CC. The fraction of sp³-hybridized carbons (Fsp3) is 0.909. The predicted octanol–water partition coefficient (Wildman–Crippen LogP) is 1.76. The molecule has 1 saturated heterocycles. The number of rotatable bonds is 5. The second-order valence-corrected chi connectivity index (χ2v) is 5.15. The standard InChI is InChI=1S/C11H21BrN2O/c1-3-10(12)11(15)13-8-9-6-5-7-14(9)4-2/h9-10H,3-8H2,1-2H3,(H,13,15). The molecule has 2 atom stereocenters. The summed E-state index contributed by atoms with van der Waals surface area (Å²) in [4.78, 5) is 14.0. The topological polar surface area (TPSA) is 32.3 Å². The maximum atomic E-state index is 11.5. The number of carbonyl (C=O) groups excluding carboxylic acids is 1. The summed E-state index contributed by atoms with van der Waals surface area (Å²) in [5.41, 5.74) is 0. The molecule has 1 aliphatic rings. The minimum atomic E-state index is -0.0334. The Balaban J connectivity index is 2.27. The summed E-state index contributed by atoms with van der Waals surface area (Å²) in [6, 6.07) is 0.551. The van der Waals surface area contributed by atoms with Crippen LogP contribution in [-0.4, -0.2) is 41.3 Å². The van der Waals surface area contributed by atoms with Crippen molar-refractivity contribution in [1.29, 1.82) is 0 Å². The molecular weight excluding hydrogens is 256 g/mol. The Kier molecular flexibility index (Phi) is 5.61. The molecule has 1 rings (SSSR count). The molecule has 0 aromatic carbocycles. The van der Waals surface area contributed by atoms with Crippen LogP contribution in [0.15, 0.2) is 0 Å². The zero-order valence-electron chi connectivity index (χ0n) is 9.63. The third kappa shape index (κ3) is 3.76. The summed E-state index contributed by atoms with van der Waals surface area (Å²) in [5.74, 6) is 0.125. The Hall–Kier alpha value is -0.0900. The summed E-state index contributed by atoms with van der Waals surface area (Å²) < 4.78 is 0. The van der Waals surface area contributed by atoms with Crippen LogP contribution >= 0.6 is 15.9 Å². The van der Waals surface area contributed by atoms with Crippen molar-refractivity contribution in [3.05, 3.63) is 0 Å². The lowest BCUT2D eigenvalue weighted by Crippen LogP contribution is -2.42. The number of nitrogens with one attached hydrogen (secondary N) is 1. The Morgan fingerprint density at radius 2 is 2.33 bits per heavy atom. The van der Waals surface area contributed by atoms with Crippen molar-refractivity contribution in [3.63, 3.8) is 0 Å². The Morgan fingerprint density at radius 3 is 2.93 bits per heavy atom. The molecule has 0 radical (unpaired) electrons. The first-order valence-corrected chi connectivity index (χ1v) is 6.76. The van der Waals surface area contributed by atoms with Gasteiger partial charge in [-0.05, 0) is 32.4 Å². The zero-order valence-corrected chi connectivity index (χ0v) is 11.2. The first-order chi connectivity index (χ1) is 7.19. The van der Waals surface area contributed by atoms with Gasteiger partial charge in [0.1, 0.15) is 0 Å². The highest BCUT2D eigenvalue weighted by atomic mass is 79.9. The van der Waals surface area contributed by atoms with Crippen LogP contribution in [0.4, 0.5) is 0 Å². The summed E-state index contributed by atoms with van der Waals surface area (Å²) >= 11 is 3.36. The number of likely N-dealkylation sites (N-methyl/N-ethyl adjacent to an activating group) is 1. The molecule has 0 aromatic heterocycles. The maximum absolute atomic E-state index is 11.5. The maximum Gasteiger partial charge on any atom is 0.233 e. The molecule has 15 heavy (non-hydrogen) atoms. The van der Waals surface area contributed by atoms with Gasteiger partial charge in [0.05, 0.1) is 4.83 Å². The van der Waals surface area contributed by atoms with Gasteiger partial charge in [0.2, 0.25) is 5.91 Å². The molecule has 0 spiro atoms. The first kappa shape index (κ1) is 13.0. The van der Waals surface area contributed by atoms with Crippen molar-refractivity contribution in [3.8, 4) is 0 Å². The van der Waals surface area contributed by atoms with E-state index in [1.54, 1.807) is 0 Å². The highest BCUT2D eigenvalue weighted by Gasteiger charge is 2.23. The molecule has 4 heteroatoms. The summed E-state index contributed by atoms with van der Waals surface area (Å²) in [6.07, 6.45) is 3.32. The fourth-order valence-electron chi connectivity index (χ4n) is 2.06. The van der Waals surface area contributed by atoms with Crippen LogP contribution in [0.5, 0.6) is 0 Å². The minimum Gasteiger partial charge on any atom is -0.354 e. The molecule has 1 fully saturated rings. The van der Waals surface area contributed by atoms with E-state index in [2.05, 4.69) is 33.1 Å². The zero-order chi connectivity index (χ0) is 11.3. The third-order valence-electron chi connectivity index (χ3n) is 3.06. The van der Waals surface area contributed by atoms with Crippen molar-refractivity contribution >= 4 is 21.8 Å². The Bertz CT molecular complexity index is 211. The molecule has 0 saturated carbocycles. The van der Waals surface area contributed by atoms with Crippen molar-refractivity contribution < 1.29 is 4.79 Å². The van der Waals surface area contributed by atoms with E-state index in [-0.39, 0.29) is 10.7 Å². The smallest absolute Gasteiger partial charge is 0.233 e. The van der Waals surface area contributed by atoms with Crippen LogP contribution in [0, 0.1) is 0 Å². The van der Waals surface area contributed by atoms with E-state index in [4.69, 9.17) is 0 Å². The van der Waals surface area contributed by atoms with Gasteiger partial charge >= 0.3 is 0 Å². The van der Waals surface area contributed by atoms with E-state index in [0.717, 1.165) is 19.5 Å². The van der Waals surface area contributed by atoms with E-state index < -0.39 is 0 Å². The molecule has 1 amide bonds. The Morgan fingerprint density at radius 1 is 1.60 bits per heavy atom. The minimum absolute atomic E-state index is 0.0334. The van der Waals surface area contributed by atoms with Crippen LogP contribution in [-0.2, 0) is 4.79 Å². The fourth-order valence-corrected chi connectivity index (χ4v) is 2.22. The number of carbonyl (C=O) groups is 1. The highest BCUT2D eigenvalue weighted by molar-refractivity contribution is 9.10. The first-order valence-electron chi connectivity index (χ1n) is 5.84. The number of amides is 1. The average Bonchev–Trinajstić information content (AvgIpc) is 2.71. The van der Waals surface area contributed by atoms with Crippen LogP contribution < -0.4 is 5.32 Å². The molecule has 0 bridgehead atoms. The van der Waals surface area contributed by atoms with Crippen LogP contribution in [0.2, 0.25) is 0 Å². The normalized spacial score (nSPS) is 24.1. The van der Waals surface area contributed by atoms with Gasteiger partial charge < -0.3 is 5.32 Å². The largest absolute Gasteiger partial charge is 0.354 e. The van der Waals surface area contributed by atoms with Gasteiger partial charge in [-0.3, -0.25) is 9.69 Å². The second kappa shape index (κ2) is 6.48. The van der Waals surface area contributed by atoms with Gasteiger partial charge in [-0.2, -0.15) is 0 Å². The van der Waals surface area contributed by atoms with Crippen LogP contribution in [0.25, 0.3) is 0 Å². The molecule has 0 aromatic rings. The molecule has 88 valence electrons.